The largest absolute Gasteiger partial charge is 0.361 e. The van der Waals surface area contributed by atoms with Crippen molar-refractivity contribution in [2.75, 3.05) is 6.54 Å². The van der Waals surface area contributed by atoms with Crippen molar-refractivity contribution in [2.24, 2.45) is 0 Å². The van der Waals surface area contributed by atoms with Crippen LogP contribution in [0.4, 0.5) is 4.39 Å². The maximum atomic E-state index is 13.1. The SMILES string of the molecule is CCNC(=O)Cc1c[nH]c2ccc(F)cc12. The van der Waals surface area contributed by atoms with E-state index in [0.717, 1.165) is 16.5 Å². The Kier molecular flexibility index (Phi) is 2.90. The quantitative estimate of drug-likeness (QED) is 0.816. The van der Waals surface area contributed by atoms with E-state index in [0.29, 0.717) is 6.54 Å². The number of nitrogens with one attached hydrogen (secondary N) is 2. The van der Waals surface area contributed by atoms with E-state index in [1.807, 2.05) is 6.92 Å². The van der Waals surface area contributed by atoms with Crippen LogP contribution in [0, 0.1) is 5.82 Å². The second-order valence-electron chi connectivity index (χ2n) is 3.63. The van der Waals surface area contributed by atoms with Crippen molar-refractivity contribution in [3.8, 4) is 0 Å². The molecule has 2 N–H and O–H groups in total. The molecule has 0 saturated carbocycles. The number of aromatic nitrogens is 1. The first-order chi connectivity index (χ1) is 7.70. The van der Waals surface area contributed by atoms with E-state index < -0.39 is 0 Å². The van der Waals surface area contributed by atoms with Crippen LogP contribution in [0.25, 0.3) is 10.9 Å². The number of amides is 1. The number of fused-ring (bicyclic) bond motifs is 1. The van der Waals surface area contributed by atoms with Crippen molar-refractivity contribution < 1.29 is 9.18 Å². The van der Waals surface area contributed by atoms with Crippen molar-refractivity contribution in [3.05, 3.63) is 35.8 Å². The molecule has 0 spiro atoms. The molecule has 4 heteroatoms. The maximum absolute atomic E-state index is 13.1. The Balaban J connectivity index is 2.30. The molecule has 1 amide bonds. The Morgan fingerprint density at radius 3 is 3.06 bits per heavy atom. The van der Waals surface area contributed by atoms with Gasteiger partial charge in [-0.3, -0.25) is 4.79 Å². The summed E-state index contributed by atoms with van der Waals surface area (Å²) in [5.41, 5.74) is 1.67. The monoisotopic (exact) mass is 220 g/mol. The normalized spacial score (nSPS) is 10.6. The molecule has 1 heterocycles. The number of aromatic amines is 1. The Hall–Kier alpha value is -1.84. The van der Waals surface area contributed by atoms with Crippen LogP contribution >= 0.6 is 0 Å². The lowest BCUT2D eigenvalue weighted by molar-refractivity contribution is -0.120. The van der Waals surface area contributed by atoms with Gasteiger partial charge in [-0.25, -0.2) is 4.39 Å². The number of H-pyrrole nitrogens is 1. The predicted octanol–water partition coefficient (Wildman–Crippen LogP) is 1.99. The van der Waals surface area contributed by atoms with E-state index >= 15 is 0 Å². The fourth-order valence-corrected chi connectivity index (χ4v) is 1.73. The van der Waals surface area contributed by atoms with E-state index in [4.69, 9.17) is 0 Å². The molecular formula is C12H13FN2O. The summed E-state index contributed by atoms with van der Waals surface area (Å²) in [6.45, 7) is 2.47. The van der Waals surface area contributed by atoms with Crippen molar-refractivity contribution in [2.45, 2.75) is 13.3 Å². The molecule has 0 aliphatic rings. The van der Waals surface area contributed by atoms with Gasteiger partial charge in [-0.15, -0.1) is 0 Å². The van der Waals surface area contributed by atoms with Crippen LogP contribution in [0.3, 0.4) is 0 Å². The van der Waals surface area contributed by atoms with Gasteiger partial charge < -0.3 is 10.3 Å². The lowest BCUT2D eigenvalue weighted by Gasteiger charge is -2.00. The number of halogens is 1. The van der Waals surface area contributed by atoms with Crippen LogP contribution in [-0.2, 0) is 11.2 Å². The fourth-order valence-electron chi connectivity index (χ4n) is 1.73. The van der Waals surface area contributed by atoms with E-state index in [-0.39, 0.29) is 18.1 Å². The number of rotatable bonds is 3. The van der Waals surface area contributed by atoms with Gasteiger partial charge in [-0.1, -0.05) is 0 Å². The molecular weight excluding hydrogens is 207 g/mol. The molecule has 0 atom stereocenters. The molecule has 84 valence electrons. The summed E-state index contributed by atoms with van der Waals surface area (Å²) >= 11 is 0. The molecule has 0 unspecified atom stereocenters. The lowest BCUT2D eigenvalue weighted by Crippen LogP contribution is -2.24. The highest BCUT2D eigenvalue weighted by Crippen LogP contribution is 2.19. The second kappa shape index (κ2) is 4.35. The van der Waals surface area contributed by atoms with E-state index in [9.17, 15) is 9.18 Å². The molecule has 1 aromatic carbocycles. The van der Waals surface area contributed by atoms with E-state index in [1.165, 1.54) is 12.1 Å². The zero-order valence-electron chi connectivity index (χ0n) is 9.01. The van der Waals surface area contributed by atoms with Gasteiger partial charge in [0, 0.05) is 23.6 Å². The van der Waals surface area contributed by atoms with E-state index in [2.05, 4.69) is 10.3 Å². The smallest absolute Gasteiger partial charge is 0.224 e. The van der Waals surface area contributed by atoms with Gasteiger partial charge in [-0.2, -0.15) is 0 Å². The third kappa shape index (κ3) is 2.05. The number of hydrogen-bond donors (Lipinski definition) is 2. The van der Waals surface area contributed by atoms with Crippen molar-refractivity contribution in [3.63, 3.8) is 0 Å². The number of carbonyl (C=O) groups excluding carboxylic acids is 1. The average Bonchev–Trinajstić information content (AvgIpc) is 2.61. The maximum Gasteiger partial charge on any atom is 0.224 e. The van der Waals surface area contributed by atoms with Crippen LogP contribution < -0.4 is 5.32 Å². The molecule has 0 fully saturated rings. The van der Waals surface area contributed by atoms with Gasteiger partial charge in [-0.05, 0) is 30.7 Å². The first-order valence-electron chi connectivity index (χ1n) is 5.23. The van der Waals surface area contributed by atoms with Gasteiger partial charge in [0.1, 0.15) is 5.82 Å². The van der Waals surface area contributed by atoms with Gasteiger partial charge >= 0.3 is 0 Å². The highest BCUT2D eigenvalue weighted by Gasteiger charge is 2.08. The second-order valence-corrected chi connectivity index (χ2v) is 3.63. The van der Waals surface area contributed by atoms with Crippen LogP contribution in [0.1, 0.15) is 12.5 Å². The summed E-state index contributed by atoms with van der Waals surface area (Å²) in [7, 11) is 0. The Morgan fingerprint density at radius 2 is 2.31 bits per heavy atom. The third-order valence-electron chi connectivity index (χ3n) is 2.45. The lowest BCUT2D eigenvalue weighted by atomic mass is 10.1. The summed E-state index contributed by atoms with van der Waals surface area (Å²) in [4.78, 5) is 14.4. The molecule has 2 rings (SSSR count). The minimum Gasteiger partial charge on any atom is -0.361 e. The standard InChI is InChI=1S/C12H13FN2O/c1-2-14-12(16)5-8-7-15-11-4-3-9(13)6-10(8)11/h3-4,6-7,15H,2,5H2,1H3,(H,14,16). The molecule has 0 aliphatic carbocycles. The number of carbonyl (C=O) groups is 1. The van der Waals surface area contributed by atoms with Gasteiger partial charge in [0.25, 0.3) is 0 Å². The average molecular weight is 220 g/mol. The van der Waals surface area contributed by atoms with Crippen molar-refractivity contribution in [1.82, 2.24) is 10.3 Å². The first kappa shape index (κ1) is 10.7. The zero-order chi connectivity index (χ0) is 11.5. The van der Waals surface area contributed by atoms with Gasteiger partial charge in [0.15, 0.2) is 0 Å². The molecule has 0 aliphatic heterocycles. The third-order valence-corrected chi connectivity index (χ3v) is 2.45. The van der Waals surface area contributed by atoms with E-state index in [1.54, 1.807) is 12.3 Å². The van der Waals surface area contributed by atoms with Crippen LogP contribution in [-0.4, -0.2) is 17.4 Å². The summed E-state index contributed by atoms with van der Waals surface area (Å²) in [5.74, 6) is -0.336. The first-order valence-corrected chi connectivity index (χ1v) is 5.23. The summed E-state index contributed by atoms with van der Waals surface area (Å²) in [6.07, 6.45) is 2.02. The molecule has 0 saturated heterocycles. The molecule has 0 bridgehead atoms. The van der Waals surface area contributed by atoms with Crippen LogP contribution in [0.2, 0.25) is 0 Å². The summed E-state index contributed by atoms with van der Waals surface area (Å²) in [5, 5.41) is 3.49. The predicted molar refractivity (Wildman–Crippen MR) is 60.6 cm³/mol. The Labute approximate surface area is 92.7 Å². The van der Waals surface area contributed by atoms with Crippen LogP contribution in [0.15, 0.2) is 24.4 Å². The molecule has 16 heavy (non-hydrogen) atoms. The topological polar surface area (TPSA) is 44.9 Å². The number of likely N-dealkylation sites (N-methyl/N-ethyl adjacent to an activating group) is 1. The van der Waals surface area contributed by atoms with Crippen molar-refractivity contribution >= 4 is 16.8 Å². The summed E-state index contributed by atoms with van der Waals surface area (Å²) < 4.78 is 13.1. The molecule has 1 aromatic heterocycles. The number of hydrogen-bond acceptors (Lipinski definition) is 1. The number of benzene rings is 1. The minimum atomic E-state index is -0.288. The minimum absolute atomic E-state index is 0.0485. The highest BCUT2D eigenvalue weighted by atomic mass is 19.1. The van der Waals surface area contributed by atoms with Crippen LogP contribution in [0.5, 0.6) is 0 Å². The Morgan fingerprint density at radius 1 is 1.50 bits per heavy atom. The highest BCUT2D eigenvalue weighted by molar-refractivity contribution is 5.88. The van der Waals surface area contributed by atoms with Crippen molar-refractivity contribution in [1.29, 1.82) is 0 Å². The fraction of sp³-hybridized carbons (Fsp3) is 0.250. The summed E-state index contributed by atoms with van der Waals surface area (Å²) in [6, 6.07) is 4.51. The molecule has 2 aromatic rings. The zero-order valence-corrected chi connectivity index (χ0v) is 9.01. The van der Waals surface area contributed by atoms with Gasteiger partial charge in [0.05, 0.1) is 6.42 Å². The Bertz CT molecular complexity index is 519. The molecule has 3 nitrogen and oxygen atoms in total. The molecule has 0 radical (unpaired) electrons. The van der Waals surface area contributed by atoms with Gasteiger partial charge in [0.2, 0.25) is 5.91 Å².